The first kappa shape index (κ1) is 18.7. The zero-order valence-electron chi connectivity index (χ0n) is 16.8. The van der Waals surface area contributed by atoms with Crippen molar-refractivity contribution in [3.8, 4) is 0 Å². The molecule has 2 aliphatic rings. The Bertz CT molecular complexity index is 1040. The molecule has 1 aliphatic carbocycles. The molecule has 2 N–H and O–H groups in total. The predicted molar refractivity (Wildman–Crippen MR) is 116 cm³/mol. The van der Waals surface area contributed by atoms with Gasteiger partial charge in [-0.05, 0) is 56.5 Å². The average molecular weight is 407 g/mol. The first-order valence-electron chi connectivity index (χ1n) is 10.2. The smallest absolute Gasteiger partial charge is 0.224 e. The molecular formula is C23H26N4OS. The van der Waals surface area contributed by atoms with Crippen LogP contribution >= 0.6 is 11.8 Å². The number of hydrogen-bond donors (Lipinski definition) is 2. The third-order valence-electron chi connectivity index (χ3n) is 6.16. The molecule has 2 fully saturated rings. The Kier molecular flexibility index (Phi) is 4.63. The molecule has 1 saturated heterocycles. The summed E-state index contributed by atoms with van der Waals surface area (Å²) in [5, 5.41) is 6.61. The largest absolute Gasteiger partial charge is 0.344 e. The Morgan fingerprint density at radius 3 is 2.72 bits per heavy atom. The van der Waals surface area contributed by atoms with Gasteiger partial charge in [0.25, 0.3) is 0 Å². The summed E-state index contributed by atoms with van der Waals surface area (Å²) in [5.74, 6) is 3.15. The van der Waals surface area contributed by atoms with Crippen LogP contribution in [0, 0.1) is 17.8 Å². The van der Waals surface area contributed by atoms with Crippen LogP contribution < -0.4 is 10.6 Å². The van der Waals surface area contributed by atoms with Crippen LogP contribution in [0.5, 0.6) is 0 Å². The Hall–Kier alpha value is -2.31. The number of thioether (sulfide) groups is 1. The molecular weight excluding hydrogens is 380 g/mol. The fourth-order valence-electron chi connectivity index (χ4n) is 4.57. The number of nitrogens with one attached hydrogen (secondary N) is 2. The molecule has 1 aromatic carbocycles. The maximum absolute atomic E-state index is 12.8. The lowest BCUT2D eigenvalue weighted by Crippen LogP contribution is -2.44. The van der Waals surface area contributed by atoms with E-state index >= 15 is 0 Å². The van der Waals surface area contributed by atoms with Gasteiger partial charge in [-0.25, -0.2) is 4.98 Å². The summed E-state index contributed by atoms with van der Waals surface area (Å²) in [4.78, 5) is 18.7. The zero-order chi connectivity index (χ0) is 20.0. The normalized spacial score (nSPS) is 23.2. The lowest BCUT2D eigenvalue weighted by Gasteiger charge is -2.26. The molecule has 5 rings (SSSR count). The summed E-state index contributed by atoms with van der Waals surface area (Å²) in [6.07, 6.45) is 3.96. The molecule has 1 saturated carbocycles. The highest BCUT2D eigenvalue weighted by atomic mass is 32.2. The standard InChI is InChI=1S/C23H26N4OS/c1-23(2,26-21(28)20-16-11-24-12-17(16)20)22-25-13-18-19(9-6-10-27(18)22)29-14-15-7-4-3-5-8-15/h3-10,13,16-17,20,24H,11-12,14H2,1-2H3,(H,26,28)/t16-,17+,20+. The van der Waals surface area contributed by atoms with Crippen LogP contribution in [0.3, 0.4) is 0 Å². The molecule has 0 radical (unpaired) electrons. The molecule has 3 heterocycles. The van der Waals surface area contributed by atoms with Crippen molar-refractivity contribution < 1.29 is 4.79 Å². The van der Waals surface area contributed by atoms with E-state index in [-0.39, 0.29) is 11.8 Å². The third-order valence-corrected chi connectivity index (χ3v) is 7.29. The second-order valence-electron chi connectivity index (χ2n) is 8.61. The van der Waals surface area contributed by atoms with Gasteiger partial charge >= 0.3 is 0 Å². The average Bonchev–Trinajstić information content (AvgIpc) is 3.06. The van der Waals surface area contributed by atoms with Crippen molar-refractivity contribution in [1.82, 2.24) is 20.0 Å². The number of nitrogens with zero attached hydrogens (tertiary/aromatic N) is 2. The molecule has 3 aromatic rings. The molecule has 150 valence electrons. The monoisotopic (exact) mass is 406 g/mol. The highest BCUT2D eigenvalue weighted by Gasteiger charge is 2.57. The summed E-state index contributed by atoms with van der Waals surface area (Å²) in [6.45, 7) is 6.02. The van der Waals surface area contributed by atoms with Crippen LogP contribution in [0.2, 0.25) is 0 Å². The van der Waals surface area contributed by atoms with Crippen molar-refractivity contribution in [1.29, 1.82) is 0 Å². The zero-order valence-corrected chi connectivity index (χ0v) is 17.6. The van der Waals surface area contributed by atoms with E-state index in [1.807, 2.05) is 44.1 Å². The number of hydrogen-bond acceptors (Lipinski definition) is 4. The number of aromatic nitrogens is 2. The fourth-order valence-corrected chi connectivity index (χ4v) is 5.56. The molecule has 2 aromatic heterocycles. The minimum Gasteiger partial charge on any atom is -0.344 e. The first-order valence-corrected chi connectivity index (χ1v) is 11.2. The van der Waals surface area contributed by atoms with Crippen LogP contribution in [-0.4, -0.2) is 28.4 Å². The molecule has 5 nitrogen and oxygen atoms in total. The maximum atomic E-state index is 12.8. The van der Waals surface area contributed by atoms with Crippen LogP contribution in [-0.2, 0) is 16.1 Å². The van der Waals surface area contributed by atoms with Crippen molar-refractivity contribution in [3.05, 3.63) is 66.2 Å². The number of piperidine rings is 1. The number of fused-ring (bicyclic) bond motifs is 2. The second-order valence-corrected chi connectivity index (χ2v) is 9.63. The minimum absolute atomic E-state index is 0.165. The maximum Gasteiger partial charge on any atom is 0.224 e. The van der Waals surface area contributed by atoms with Crippen LogP contribution in [0.25, 0.3) is 5.52 Å². The number of imidazole rings is 1. The molecule has 0 bridgehead atoms. The van der Waals surface area contributed by atoms with Gasteiger partial charge in [0.1, 0.15) is 5.82 Å². The number of benzene rings is 1. The van der Waals surface area contributed by atoms with Crippen molar-refractivity contribution in [3.63, 3.8) is 0 Å². The second kappa shape index (κ2) is 7.18. The van der Waals surface area contributed by atoms with Crippen LogP contribution in [0.4, 0.5) is 0 Å². The van der Waals surface area contributed by atoms with Gasteiger partial charge in [0, 0.05) is 22.8 Å². The summed E-state index contributed by atoms with van der Waals surface area (Å²) < 4.78 is 2.11. The lowest BCUT2D eigenvalue weighted by atomic mass is 10.0. The first-order chi connectivity index (χ1) is 14.0. The highest BCUT2D eigenvalue weighted by Crippen LogP contribution is 2.49. The van der Waals surface area contributed by atoms with E-state index in [4.69, 9.17) is 4.98 Å². The van der Waals surface area contributed by atoms with E-state index in [1.54, 1.807) is 0 Å². The molecule has 1 aliphatic heterocycles. The number of carbonyl (C=O) groups excluding carboxylic acids is 1. The summed E-state index contributed by atoms with van der Waals surface area (Å²) >= 11 is 1.81. The van der Waals surface area contributed by atoms with Gasteiger partial charge in [-0.15, -0.1) is 11.8 Å². The Labute approximate surface area is 175 Å². The van der Waals surface area contributed by atoms with Gasteiger partial charge < -0.3 is 15.0 Å². The van der Waals surface area contributed by atoms with Crippen molar-refractivity contribution >= 4 is 23.2 Å². The minimum atomic E-state index is -0.531. The molecule has 0 unspecified atom stereocenters. The van der Waals surface area contributed by atoms with Crippen molar-refractivity contribution in [2.45, 2.75) is 30.0 Å². The van der Waals surface area contributed by atoms with E-state index in [0.717, 1.165) is 30.2 Å². The Balaban J connectivity index is 1.35. The molecule has 6 heteroatoms. The highest BCUT2D eigenvalue weighted by molar-refractivity contribution is 7.98. The third kappa shape index (κ3) is 3.45. The molecule has 0 spiro atoms. The molecule has 3 atom stereocenters. The van der Waals surface area contributed by atoms with E-state index in [0.29, 0.717) is 11.8 Å². The van der Waals surface area contributed by atoms with Gasteiger partial charge in [0.15, 0.2) is 0 Å². The predicted octanol–water partition coefficient (Wildman–Crippen LogP) is 3.44. The van der Waals surface area contributed by atoms with Crippen molar-refractivity contribution in [2.75, 3.05) is 13.1 Å². The topological polar surface area (TPSA) is 58.4 Å². The van der Waals surface area contributed by atoms with E-state index in [9.17, 15) is 4.79 Å². The van der Waals surface area contributed by atoms with Gasteiger partial charge in [-0.1, -0.05) is 30.3 Å². The number of rotatable bonds is 6. The summed E-state index contributed by atoms with van der Waals surface area (Å²) in [6, 6.07) is 14.7. The lowest BCUT2D eigenvalue weighted by molar-refractivity contribution is -0.124. The summed E-state index contributed by atoms with van der Waals surface area (Å²) in [5.41, 5.74) is 1.85. The van der Waals surface area contributed by atoms with Gasteiger partial charge in [-0.3, -0.25) is 4.79 Å². The van der Waals surface area contributed by atoms with Crippen molar-refractivity contribution in [2.24, 2.45) is 17.8 Å². The number of amides is 1. The number of carbonyl (C=O) groups is 1. The summed E-state index contributed by atoms with van der Waals surface area (Å²) in [7, 11) is 0. The number of pyridine rings is 1. The van der Waals surface area contributed by atoms with E-state index in [1.165, 1.54) is 10.5 Å². The Morgan fingerprint density at radius 2 is 1.97 bits per heavy atom. The molecule has 1 amide bonds. The SMILES string of the molecule is CC(C)(NC(=O)[C@H]1[C@@H]2CNC[C@@H]21)c1ncc2c(SCc3ccccc3)cccn12. The Morgan fingerprint density at radius 1 is 1.21 bits per heavy atom. The quantitative estimate of drug-likeness (QED) is 0.616. The van der Waals surface area contributed by atoms with Gasteiger partial charge in [0.05, 0.1) is 17.3 Å². The van der Waals surface area contributed by atoms with E-state index < -0.39 is 5.54 Å². The van der Waals surface area contributed by atoms with E-state index in [2.05, 4.69) is 51.4 Å². The van der Waals surface area contributed by atoms with Gasteiger partial charge in [0.2, 0.25) is 5.91 Å². The fraction of sp³-hybridized carbons (Fsp3) is 0.391. The van der Waals surface area contributed by atoms with Crippen LogP contribution in [0.15, 0.2) is 59.8 Å². The molecule has 29 heavy (non-hydrogen) atoms. The van der Waals surface area contributed by atoms with Crippen LogP contribution in [0.1, 0.15) is 25.2 Å². The van der Waals surface area contributed by atoms with Gasteiger partial charge in [-0.2, -0.15) is 0 Å².